The smallest absolute Gasteiger partial charge is 0.236 e. The highest BCUT2D eigenvalue weighted by Gasteiger charge is 2.29. The van der Waals surface area contributed by atoms with Crippen LogP contribution in [0.2, 0.25) is 0 Å². The average Bonchev–Trinajstić information content (AvgIpc) is 2.40. The number of hydrogen-bond donors (Lipinski definition) is 2. The van der Waals surface area contributed by atoms with Gasteiger partial charge < -0.3 is 11.1 Å². The summed E-state index contributed by atoms with van der Waals surface area (Å²) in [6, 6.07) is -0.736. The molecule has 0 aromatic heterocycles. The van der Waals surface area contributed by atoms with Crippen LogP contribution in [0.25, 0.3) is 0 Å². The summed E-state index contributed by atoms with van der Waals surface area (Å²) >= 11 is 0. The lowest BCUT2D eigenvalue weighted by atomic mass is 9.70. The van der Waals surface area contributed by atoms with E-state index in [9.17, 15) is 13.2 Å². The maximum atomic E-state index is 11.9. The molecule has 1 unspecified atom stereocenters. The molecule has 0 bridgehead atoms. The van der Waals surface area contributed by atoms with Crippen molar-refractivity contribution in [2.24, 2.45) is 23.0 Å². The van der Waals surface area contributed by atoms with Crippen LogP contribution in [0, 0.1) is 17.3 Å². The van der Waals surface area contributed by atoms with E-state index < -0.39 is 15.9 Å². The fourth-order valence-electron chi connectivity index (χ4n) is 3.08. The lowest BCUT2D eigenvalue weighted by molar-refractivity contribution is -0.122. The second-order valence-corrected chi connectivity index (χ2v) is 10.1. The van der Waals surface area contributed by atoms with Crippen molar-refractivity contribution in [3.8, 4) is 0 Å². The standard InChI is InChI=1S/C16H32N2O3S/c1-16(2,3)13-7-5-12(6-8-13)11-18-15(19)14(17)9-10-22(4,20)21/h12-14H,5-11,17H2,1-4H3,(H,18,19). The third-order valence-corrected chi connectivity index (χ3v) is 5.75. The van der Waals surface area contributed by atoms with Crippen molar-refractivity contribution < 1.29 is 13.2 Å². The van der Waals surface area contributed by atoms with Crippen LogP contribution >= 0.6 is 0 Å². The van der Waals surface area contributed by atoms with Crippen molar-refractivity contribution in [3.63, 3.8) is 0 Å². The van der Waals surface area contributed by atoms with Crippen molar-refractivity contribution >= 4 is 15.7 Å². The van der Waals surface area contributed by atoms with E-state index in [0.29, 0.717) is 17.9 Å². The molecule has 1 aliphatic rings. The SMILES string of the molecule is CC(C)(C)C1CCC(CNC(=O)C(N)CCS(C)(=O)=O)CC1. The molecule has 1 rings (SSSR count). The van der Waals surface area contributed by atoms with Crippen LogP contribution in [0.1, 0.15) is 52.9 Å². The van der Waals surface area contributed by atoms with Gasteiger partial charge in [0.05, 0.1) is 11.8 Å². The van der Waals surface area contributed by atoms with Gasteiger partial charge in [-0.25, -0.2) is 8.42 Å². The number of carbonyl (C=O) groups excluding carboxylic acids is 1. The predicted molar refractivity (Wildman–Crippen MR) is 90.2 cm³/mol. The number of nitrogens with two attached hydrogens (primary N) is 1. The molecule has 0 spiro atoms. The highest BCUT2D eigenvalue weighted by Crippen LogP contribution is 2.39. The molecule has 1 amide bonds. The van der Waals surface area contributed by atoms with Crippen LogP contribution in [0.5, 0.6) is 0 Å². The highest BCUT2D eigenvalue weighted by atomic mass is 32.2. The second-order valence-electron chi connectivity index (χ2n) is 7.85. The Labute approximate surface area is 135 Å². The van der Waals surface area contributed by atoms with Gasteiger partial charge in [-0.1, -0.05) is 20.8 Å². The molecule has 0 heterocycles. The van der Waals surface area contributed by atoms with Crippen molar-refractivity contribution in [2.45, 2.75) is 58.9 Å². The summed E-state index contributed by atoms with van der Waals surface area (Å²) in [6.07, 6.45) is 6.04. The largest absolute Gasteiger partial charge is 0.354 e. The van der Waals surface area contributed by atoms with Gasteiger partial charge in [0, 0.05) is 12.8 Å². The Hall–Kier alpha value is -0.620. The monoisotopic (exact) mass is 332 g/mol. The summed E-state index contributed by atoms with van der Waals surface area (Å²) in [7, 11) is -3.07. The molecule has 1 aliphatic carbocycles. The van der Waals surface area contributed by atoms with Crippen LogP contribution < -0.4 is 11.1 Å². The van der Waals surface area contributed by atoms with E-state index in [1.165, 1.54) is 12.8 Å². The molecule has 0 aliphatic heterocycles. The summed E-state index contributed by atoms with van der Waals surface area (Å²) < 4.78 is 22.2. The number of hydrogen-bond acceptors (Lipinski definition) is 4. The number of carbonyl (C=O) groups is 1. The van der Waals surface area contributed by atoms with Crippen molar-refractivity contribution in [3.05, 3.63) is 0 Å². The highest BCUT2D eigenvalue weighted by molar-refractivity contribution is 7.90. The zero-order chi connectivity index (χ0) is 17.0. The zero-order valence-corrected chi connectivity index (χ0v) is 15.2. The van der Waals surface area contributed by atoms with Gasteiger partial charge in [-0.05, 0) is 49.4 Å². The molecular formula is C16H32N2O3S. The molecule has 3 N–H and O–H groups in total. The van der Waals surface area contributed by atoms with Crippen molar-refractivity contribution in [2.75, 3.05) is 18.6 Å². The van der Waals surface area contributed by atoms with Gasteiger partial charge in [0.15, 0.2) is 0 Å². The summed E-state index contributed by atoms with van der Waals surface area (Å²) in [4.78, 5) is 11.9. The van der Waals surface area contributed by atoms with E-state index >= 15 is 0 Å². The number of rotatable bonds is 6. The Kier molecular flexibility index (Phi) is 6.86. The summed E-state index contributed by atoms with van der Waals surface area (Å²) in [5.74, 6) is 1.00. The van der Waals surface area contributed by atoms with Gasteiger partial charge in [-0.15, -0.1) is 0 Å². The number of nitrogens with one attached hydrogen (secondary N) is 1. The topological polar surface area (TPSA) is 89.3 Å². The van der Waals surface area contributed by atoms with Crippen molar-refractivity contribution in [1.82, 2.24) is 5.32 Å². The minimum atomic E-state index is -3.07. The third kappa shape index (κ3) is 7.09. The Balaban J connectivity index is 2.28. The third-order valence-electron chi connectivity index (χ3n) is 4.77. The average molecular weight is 333 g/mol. The molecule has 0 aromatic rings. The maximum absolute atomic E-state index is 11.9. The van der Waals surface area contributed by atoms with Crippen LogP contribution in [0.4, 0.5) is 0 Å². The Morgan fingerprint density at radius 3 is 2.23 bits per heavy atom. The fourth-order valence-corrected chi connectivity index (χ4v) is 3.76. The Bertz CT molecular complexity index is 460. The minimum absolute atomic E-state index is 0.0434. The van der Waals surface area contributed by atoms with Gasteiger partial charge in [0.25, 0.3) is 0 Å². The van der Waals surface area contributed by atoms with E-state index in [0.717, 1.165) is 25.0 Å². The molecule has 5 nitrogen and oxygen atoms in total. The molecule has 0 radical (unpaired) electrons. The number of sulfone groups is 1. The van der Waals surface area contributed by atoms with Crippen LogP contribution in [-0.4, -0.2) is 38.9 Å². The van der Waals surface area contributed by atoms with E-state index in [1.807, 2.05) is 0 Å². The molecule has 22 heavy (non-hydrogen) atoms. The van der Waals surface area contributed by atoms with Gasteiger partial charge in [-0.3, -0.25) is 4.79 Å². The fraction of sp³-hybridized carbons (Fsp3) is 0.938. The molecule has 0 saturated heterocycles. The minimum Gasteiger partial charge on any atom is -0.354 e. The van der Waals surface area contributed by atoms with E-state index in [2.05, 4.69) is 26.1 Å². The lowest BCUT2D eigenvalue weighted by Crippen LogP contribution is -2.43. The van der Waals surface area contributed by atoms with Crippen molar-refractivity contribution in [1.29, 1.82) is 0 Å². The molecular weight excluding hydrogens is 300 g/mol. The first-order valence-electron chi connectivity index (χ1n) is 8.20. The molecule has 0 aromatic carbocycles. The zero-order valence-electron chi connectivity index (χ0n) is 14.4. The lowest BCUT2D eigenvalue weighted by Gasteiger charge is -2.37. The Morgan fingerprint density at radius 1 is 1.23 bits per heavy atom. The van der Waals surface area contributed by atoms with Crippen LogP contribution in [0.15, 0.2) is 0 Å². The van der Waals surface area contributed by atoms with Crippen LogP contribution in [-0.2, 0) is 14.6 Å². The van der Waals surface area contributed by atoms with E-state index in [1.54, 1.807) is 0 Å². The first kappa shape index (κ1) is 19.4. The summed E-state index contributed by atoms with van der Waals surface area (Å²) in [5.41, 5.74) is 6.11. The predicted octanol–water partition coefficient (Wildman–Crippen LogP) is 1.72. The number of amides is 1. The van der Waals surface area contributed by atoms with Crippen LogP contribution in [0.3, 0.4) is 0 Å². The Morgan fingerprint density at radius 2 is 1.77 bits per heavy atom. The molecule has 1 saturated carbocycles. The maximum Gasteiger partial charge on any atom is 0.236 e. The van der Waals surface area contributed by atoms with E-state index in [-0.39, 0.29) is 18.1 Å². The van der Waals surface area contributed by atoms with E-state index in [4.69, 9.17) is 5.73 Å². The molecule has 1 atom stereocenters. The van der Waals surface area contributed by atoms with Gasteiger partial charge in [0.2, 0.25) is 5.91 Å². The molecule has 1 fully saturated rings. The van der Waals surface area contributed by atoms with Gasteiger partial charge in [0.1, 0.15) is 9.84 Å². The first-order valence-corrected chi connectivity index (χ1v) is 10.3. The molecule has 130 valence electrons. The van der Waals surface area contributed by atoms with Gasteiger partial charge in [-0.2, -0.15) is 0 Å². The normalized spacial score (nSPS) is 24.8. The second kappa shape index (κ2) is 7.77. The summed E-state index contributed by atoms with van der Waals surface area (Å²) in [5, 5.41) is 2.88. The summed E-state index contributed by atoms with van der Waals surface area (Å²) in [6.45, 7) is 7.53. The first-order chi connectivity index (χ1) is 9.99. The molecule has 6 heteroatoms. The quantitative estimate of drug-likeness (QED) is 0.775. The van der Waals surface area contributed by atoms with Gasteiger partial charge >= 0.3 is 0 Å².